The molecular formula is C21H16FNO3. The van der Waals surface area contributed by atoms with Crippen molar-refractivity contribution in [1.82, 2.24) is 4.90 Å². The van der Waals surface area contributed by atoms with Gasteiger partial charge in [-0.1, -0.05) is 36.4 Å². The van der Waals surface area contributed by atoms with Gasteiger partial charge in [0.15, 0.2) is 0 Å². The van der Waals surface area contributed by atoms with E-state index in [4.69, 9.17) is 4.42 Å². The van der Waals surface area contributed by atoms with Gasteiger partial charge in [-0.3, -0.25) is 4.79 Å². The van der Waals surface area contributed by atoms with Crippen LogP contribution in [0.3, 0.4) is 0 Å². The van der Waals surface area contributed by atoms with Crippen molar-refractivity contribution in [2.45, 2.75) is 6.42 Å². The number of halogens is 1. The summed E-state index contributed by atoms with van der Waals surface area (Å²) in [5.41, 5.74) is 1.90. The Labute approximate surface area is 149 Å². The highest BCUT2D eigenvalue weighted by atomic mass is 19.1. The molecule has 1 aliphatic rings. The first kappa shape index (κ1) is 16.3. The maximum atomic E-state index is 13.0. The van der Waals surface area contributed by atoms with E-state index in [9.17, 15) is 14.0 Å². The summed E-state index contributed by atoms with van der Waals surface area (Å²) < 4.78 is 18.3. The average molecular weight is 349 g/mol. The molecule has 1 amide bonds. The SMILES string of the molecule is O=C(c1cc2ccccc2oc1=O)N1CC=C(c2ccc(F)cc2)CC1. The molecule has 0 aliphatic carbocycles. The zero-order valence-corrected chi connectivity index (χ0v) is 13.9. The number of benzene rings is 2. The van der Waals surface area contributed by atoms with Crippen LogP contribution in [0.5, 0.6) is 0 Å². The van der Waals surface area contributed by atoms with Crippen LogP contribution in [-0.2, 0) is 0 Å². The highest BCUT2D eigenvalue weighted by molar-refractivity contribution is 5.97. The molecule has 4 nitrogen and oxygen atoms in total. The van der Waals surface area contributed by atoms with Crippen LogP contribution >= 0.6 is 0 Å². The third kappa shape index (κ3) is 3.04. The molecule has 0 spiro atoms. The van der Waals surface area contributed by atoms with Gasteiger partial charge >= 0.3 is 5.63 Å². The van der Waals surface area contributed by atoms with Gasteiger partial charge in [0.1, 0.15) is 17.0 Å². The van der Waals surface area contributed by atoms with Crippen LogP contribution in [0.1, 0.15) is 22.3 Å². The molecule has 1 aromatic heterocycles. The van der Waals surface area contributed by atoms with E-state index in [2.05, 4.69) is 0 Å². The molecular weight excluding hydrogens is 333 g/mol. The summed E-state index contributed by atoms with van der Waals surface area (Å²) in [5, 5.41) is 0.718. The molecule has 2 heterocycles. The Morgan fingerprint density at radius 2 is 1.85 bits per heavy atom. The maximum absolute atomic E-state index is 13.0. The van der Waals surface area contributed by atoms with Crippen molar-refractivity contribution in [2.24, 2.45) is 0 Å². The zero-order chi connectivity index (χ0) is 18.1. The van der Waals surface area contributed by atoms with E-state index < -0.39 is 5.63 Å². The molecule has 3 aromatic rings. The number of para-hydroxylation sites is 1. The fraction of sp³-hybridized carbons (Fsp3) is 0.143. The van der Waals surface area contributed by atoms with E-state index in [0.29, 0.717) is 25.1 Å². The van der Waals surface area contributed by atoms with Crippen LogP contribution < -0.4 is 5.63 Å². The molecule has 0 saturated heterocycles. The predicted molar refractivity (Wildman–Crippen MR) is 97.4 cm³/mol. The van der Waals surface area contributed by atoms with E-state index in [1.165, 1.54) is 12.1 Å². The smallest absolute Gasteiger partial charge is 0.349 e. The Bertz CT molecular complexity index is 1070. The summed E-state index contributed by atoms with van der Waals surface area (Å²) >= 11 is 0. The number of hydrogen-bond acceptors (Lipinski definition) is 3. The van der Waals surface area contributed by atoms with Gasteiger partial charge in [-0.05, 0) is 41.8 Å². The maximum Gasteiger partial charge on any atom is 0.349 e. The standard InChI is InChI=1S/C21H16FNO3/c22-17-7-5-14(6-8-17)15-9-11-23(12-10-15)20(24)18-13-16-3-1-2-4-19(16)26-21(18)25/h1-9,13H,10-12H2. The van der Waals surface area contributed by atoms with E-state index in [1.54, 1.807) is 41.3 Å². The van der Waals surface area contributed by atoms with Crippen LogP contribution in [0.25, 0.3) is 16.5 Å². The second-order valence-corrected chi connectivity index (χ2v) is 6.22. The van der Waals surface area contributed by atoms with Crippen molar-refractivity contribution < 1.29 is 13.6 Å². The summed E-state index contributed by atoms with van der Waals surface area (Å²) in [7, 11) is 0. The van der Waals surface area contributed by atoms with Crippen molar-refractivity contribution in [3.8, 4) is 0 Å². The number of rotatable bonds is 2. The summed E-state index contributed by atoms with van der Waals surface area (Å²) in [5.74, 6) is -0.607. The van der Waals surface area contributed by atoms with Crippen molar-refractivity contribution in [3.05, 3.63) is 88.0 Å². The molecule has 0 atom stereocenters. The van der Waals surface area contributed by atoms with Crippen LogP contribution in [0.15, 0.2) is 69.9 Å². The molecule has 130 valence electrons. The minimum absolute atomic E-state index is 0.0438. The van der Waals surface area contributed by atoms with E-state index >= 15 is 0 Å². The number of carbonyl (C=O) groups excluding carboxylic acids is 1. The number of hydrogen-bond donors (Lipinski definition) is 0. The van der Waals surface area contributed by atoms with Crippen LogP contribution in [0, 0.1) is 5.82 Å². The molecule has 0 fully saturated rings. The lowest BCUT2D eigenvalue weighted by Crippen LogP contribution is -2.37. The number of nitrogens with zero attached hydrogens (tertiary/aromatic N) is 1. The quantitative estimate of drug-likeness (QED) is 0.660. The number of carbonyl (C=O) groups is 1. The monoisotopic (exact) mass is 349 g/mol. The second-order valence-electron chi connectivity index (χ2n) is 6.22. The molecule has 4 rings (SSSR count). The lowest BCUT2D eigenvalue weighted by atomic mass is 9.99. The summed E-state index contributed by atoms with van der Waals surface area (Å²) in [6.07, 6.45) is 2.59. The van der Waals surface area contributed by atoms with Gasteiger partial charge in [0.25, 0.3) is 5.91 Å². The van der Waals surface area contributed by atoms with Gasteiger partial charge in [-0.2, -0.15) is 0 Å². The topological polar surface area (TPSA) is 50.5 Å². The summed E-state index contributed by atoms with van der Waals surface area (Å²) in [4.78, 5) is 26.5. The summed E-state index contributed by atoms with van der Waals surface area (Å²) in [6.45, 7) is 0.895. The minimum Gasteiger partial charge on any atom is -0.422 e. The van der Waals surface area contributed by atoms with Crippen LogP contribution in [-0.4, -0.2) is 23.9 Å². The van der Waals surface area contributed by atoms with Crippen molar-refractivity contribution >= 4 is 22.4 Å². The first-order valence-corrected chi connectivity index (χ1v) is 8.39. The normalized spacial score (nSPS) is 14.3. The van der Waals surface area contributed by atoms with Gasteiger partial charge in [-0.25, -0.2) is 9.18 Å². The van der Waals surface area contributed by atoms with Crippen LogP contribution in [0.2, 0.25) is 0 Å². The molecule has 1 aliphatic heterocycles. The largest absolute Gasteiger partial charge is 0.422 e. The fourth-order valence-corrected chi connectivity index (χ4v) is 3.16. The Balaban J connectivity index is 1.58. The summed E-state index contributed by atoms with van der Waals surface area (Å²) in [6, 6.07) is 15.0. The van der Waals surface area contributed by atoms with Gasteiger partial charge in [0.05, 0.1) is 0 Å². The lowest BCUT2D eigenvalue weighted by molar-refractivity contribution is 0.0769. The molecule has 0 radical (unpaired) electrons. The molecule has 0 N–H and O–H groups in total. The molecule has 0 unspecified atom stereocenters. The van der Waals surface area contributed by atoms with Gasteiger partial charge in [0.2, 0.25) is 0 Å². The van der Waals surface area contributed by atoms with Gasteiger partial charge in [-0.15, -0.1) is 0 Å². The molecule has 2 aromatic carbocycles. The molecule has 0 bridgehead atoms. The first-order chi connectivity index (χ1) is 12.6. The first-order valence-electron chi connectivity index (χ1n) is 8.39. The molecule has 26 heavy (non-hydrogen) atoms. The van der Waals surface area contributed by atoms with Crippen molar-refractivity contribution in [2.75, 3.05) is 13.1 Å². The lowest BCUT2D eigenvalue weighted by Gasteiger charge is -2.26. The fourth-order valence-electron chi connectivity index (χ4n) is 3.16. The Morgan fingerprint density at radius 1 is 1.08 bits per heavy atom. The third-order valence-electron chi connectivity index (χ3n) is 4.58. The zero-order valence-electron chi connectivity index (χ0n) is 13.9. The second kappa shape index (κ2) is 6.59. The highest BCUT2D eigenvalue weighted by Crippen LogP contribution is 2.23. The molecule has 0 saturated carbocycles. The Hall–Kier alpha value is -3.21. The van der Waals surface area contributed by atoms with Gasteiger partial charge < -0.3 is 9.32 Å². The number of fused-ring (bicyclic) bond motifs is 1. The predicted octanol–water partition coefficient (Wildman–Crippen LogP) is 3.86. The third-order valence-corrected chi connectivity index (χ3v) is 4.58. The molecule has 5 heteroatoms. The van der Waals surface area contributed by atoms with Crippen molar-refractivity contribution in [3.63, 3.8) is 0 Å². The Kier molecular flexibility index (Phi) is 4.13. The van der Waals surface area contributed by atoms with Crippen molar-refractivity contribution in [1.29, 1.82) is 0 Å². The minimum atomic E-state index is -0.623. The average Bonchev–Trinajstić information content (AvgIpc) is 2.68. The van der Waals surface area contributed by atoms with E-state index in [-0.39, 0.29) is 17.3 Å². The number of amides is 1. The highest BCUT2D eigenvalue weighted by Gasteiger charge is 2.22. The van der Waals surface area contributed by atoms with E-state index in [0.717, 1.165) is 16.5 Å². The van der Waals surface area contributed by atoms with Crippen LogP contribution in [0.4, 0.5) is 4.39 Å². The Morgan fingerprint density at radius 3 is 2.58 bits per heavy atom. The van der Waals surface area contributed by atoms with Gasteiger partial charge in [0, 0.05) is 18.5 Å². The van der Waals surface area contributed by atoms with E-state index in [1.807, 2.05) is 12.1 Å².